The van der Waals surface area contributed by atoms with Crippen molar-refractivity contribution >= 4 is 40.6 Å². The predicted octanol–water partition coefficient (Wildman–Crippen LogP) is 3.87. The molecule has 33 heavy (non-hydrogen) atoms. The molecule has 1 aromatic heterocycles. The summed E-state index contributed by atoms with van der Waals surface area (Å²) in [6.07, 6.45) is 0.261. The second kappa shape index (κ2) is 11.7. The Morgan fingerprint density at radius 3 is 2.42 bits per heavy atom. The number of aliphatic imine (C=N–C) groups is 1. The van der Waals surface area contributed by atoms with E-state index >= 15 is 0 Å². The van der Waals surface area contributed by atoms with Gasteiger partial charge in [-0.15, -0.1) is 0 Å². The number of aromatic nitrogens is 2. The van der Waals surface area contributed by atoms with Crippen LogP contribution in [-0.2, 0) is 9.53 Å². The molecule has 0 saturated carbocycles. The lowest BCUT2D eigenvalue weighted by molar-refractivity contribution is -0.135. The number of aliphatic hydroxyl groups excluding tert-OH is 1. The van der Waals surface area contributed by atoms with Crippen LogP contribution in [0.2, 0.25) is 5.02 Å². The average Bonchev–Trinajstić information content (AvgIpc) is 2.78. The first-order valence-electron chi connectivity index (χ1n) is 10.5. The number of hydrogen-bond donors (Lipinski definition) is 2. The number of nitrogens with one attached hydrogen (secondary N) is 1. The van der Waals surface area contributed by atoms with Gasteiger partial charge in [0.25, 0.3) is 0 Å². The largest absolute Gasteiger partial charge is 0.479 e. The molecule has 0 saturated heterocycles. The number of nitrogens with zero attached hydrogens (tertiary/aromatic N) is 4. The van der Waals surface area contributed by atoms with E-state index in [-0.39, 0.29) is 18.4 Å². The molecule has 10 heteroatoms. The number of esters is 1. The minimum atomic E-state index is -1.24. The van der Waals surface area contributed by atoms with Crippen molar-refractivity contribution in [2.75, 3.05) is 32.7 Å². The standard InChI is InChI=1S/C23H30ClN5O4/c1-7-33-22(31)18(25)17(20(30)14-8-10-15(24)11-9-14)19(13(2)3)27-16-12-26-23(29(4)5)28-21(16)32-6/h8-13,17,20,25,30H,7H2,1-6H3. The molecular formula is C23H30ClN5O4. The summed E-state index contributed by atoms with van der Waals surface area (Å²) in [6, 6.07) is 6.56. The van der Waals surface area contributed by atoms with Gasteiger partial charge in [0.15, 0.2) is 0 Å². The second-order valence-electron chi connectivity index (χ2n) is 7.76. The third-order valence-electron chi connectivity index (χ3n) is 4.81. The lowest BCUT2D eigenvalue weighted by Gasteiger charge is -2.27. The quantitative estimate of drug-likeness (QED) is 0.395. The minimum Gasteiger partial charge on any atom is -0.479 e. The van der Waals surface area contributed by atoms with Crippen LogP contribution in [0.15, 0.2) is 35.5 Å². The van der Waals surface area contributed by atoms with E-state index in [1.807, 2.05) is 13.8 Å². The molecule has 2 aromatic rings. The van der Waals surface area contributed by atoms with E-state index in [1.165, 1.54) is 13.3 Å². The van der Waals surface area contributed by atoms with E-state index in [2.05, 4.69) is 15.0 Å². The number of aliphatic hydroxyl groups is 1. The van der Waals surface area contributed by atoms with Gasteiger partial charge in [0, 0.05) is 24.8 Å². The molecule has 0 bridgehead atoms. The first-order chi connectivity index (χ1) is 15.6. The number of benzene rings is 1. The molecule has 1 heterocycles. The summed E-state index contributed by atoms with van der Waals surface area (Å²) < 4.78 is 10.4. The molecule has 2 rings (SSSR count). The van der Waals surface area contributed by atoms with Crippen LogP contribution in [0.1, 0.15) is 32.4 Å². The number of rotatable bonds is 10. The van der Waals surface area contributed by atoms with Crippen molar-refractivity contribution in [3.63, 3.8) is 0 Å². The first kappa shape index (κ1) is 26.2. The van der Waals surface area contributed by atoms with Gasteiger partial charge in [0.1, 0.15) is 11.4 Å². The van der Waals surface area contributed by atoms with Crippen LogP contribution in [0.5, 0.6) is 5.88 Å². The maximum atomic E-state index is 12.5. The fraction of sp³-hybridized carbons (Fsp3) is 0.435. The highest BCUT2D eigenvalue weighted by Crippen LogP contribution is 2.33. The van der Waals surface area contributed by atoms with Crippen LogP contribution >= 0.6 is 11.6 Å². The molecule has 0 amide bonds. The summed E-state index contributed by atoms with van der Waals surface area (Å²) in [5.74, 6) is -1.48. The highest BCUT2D eigenvalue weighted by atomic mass is 35.5. The summed E-state index contributed by atoms with van der Waals surface area (Å²) >= 11 is 5.99. The van der Waals surface area contributed by atoms with Crippen molar-refractivity contribution < 1.29 is 19.4 Å². The number of hydrogen-bond acceptors (Lipinski definition) is 9. The Kier molecular flexibility index (Phi) is 9.31. The van der Waals surface area contributed by atoms with Crippen molar-refractivity contribution in [3.05, 3.63) is 41.0 Å². The van der Waals surface area contributed by atoms with Crippen LogP contribution < -0.4 is 9.64 Å². The smallest absolute Gasteiger partial charge is 0.352 e. The zero-order valence-electron chi connectivity index (χ0n) is 19.7. The Morgan fingerprint density at radius 1 is 1.27 bits per heavy atom. The summed E-state index contributed by atoms with van der Waals surface area (Å²) in [4.78, 5) is 27.5. The molecule has 0 radical (unpaired) electrons. The third kappa shape index (κ3) is 6.49. The molecule has 0 fully saturated rings. The molecule has 9 nitrogen and oxygen atoms in total. The van der Waals surface area contributed by atoms with Crippen LogP contribution in [0.3, 0.4) is 0 Å². The van der Waals surface area contributed by atoms with Gasteiger partial charge in [0.2, 0.25) is 11.8 Å². The Morgan fingerprint density at radius 2 is 1.91 bits per heavy atom. The zero-order chi connectivity index (χ0) is 24.7. The normalized spacial score (nSPS) is 13.4. The first-order valence-corrected chi connectivity index (χ1v) is 10.8. The fourth-order valence-corrected chi connectivity index (χ4v) is 3.27. The van der Waals surface area contributed by atoms with Gasteiger partial charge in [-0.1, -0.05) is 37.6 Å². The van der Waals surface area contributed by atoms with Gasteiger partial charge >= 0.3 is 5.97 Å². The van der Waals surface area contributed by atoms with Crippen LogP contribution in [0.4, 0.5) is 11.6 Å². The van der Waals surface area contributed by atoms with Gasteiger partial charge in [-0.3, -0.25) is 5.41 Å². The summed E-state index contributed by atoms with van der Waals surface area (Å²) in [5, 5.41) is 20.3. The Labute approximate surface area is 198 Å². The number of anilines is 1. The second-order valence-corrected chi connectivity index (χ2v) is 8.19. The van der Waals surface area contributed by atoms with Crippen LogP contribution in [0, 0.1) is 17.2 Å². The van der Waals surface area contributed by atoms with Crippen LogP contribution in [-0.4, -0.2) is 60.3 Å². The minimum absolute atomic E-state index is 0.104. The van der Waals surface area contributed by atoms with E-state index in [4.69, 9.17) is 26.5 Å². The van der Waals surface area contributed by atoms with Gasteiger partial charge in [-0.2, -0.15) is 4.98 Å². The lowest BCUT2D eigenvalue weighted by atomic mass is 9.82. The molecular weight excluding hydrogens is 446 g/mol. The SMILES string of the molecule is CCOC(=O)C(=N)C(C(=Nc1cnc(N(C)C)nc1OC)C(C)C)C(O)c1ccc(Cl)cc1. The molecule has 0 aliphatic heterocycles. The molecule has 0 aliphatic carbocycles. The van der Waals surface area contributed by atoms with E-state index in [0.29, 0.717) is 27.9 Å². The number of ether oxygens (including phenoxy) is 2. The average molecular weight is 476 g/mol. The van der Waals surface area contributed by atoms with Crippen molar-refractivity contribution in [3.8, 4) is 5.88 Å². The van der Waals surface area contributed by atoms with Crippen molar-refractivity contribution in [1.82, 2.24) is 9.97 Å². The third-order valence-corrected chi connectivity index (χ3v) is 5.06. The molecule has 0 spiro atoms. The molecule has 2 N–H and O–H groups in total. The van der Waals surface area contributed by atoms with E-state index in [1.54, 1.807) is 50.2 Å². The van der Waals surface area contributed by atoms with E-state index < -0.39 is 23.7 Å². The van der Waals surface area contributed by atoms with E-state index in [9.17, 15) is 9.90 Å². The molecule has 178 valence electrons. The molecule has 2 atom stereocenters. The number of halogens is 1. The Balaban J connectivity index is 2.65. The zero-order valence-corrected chi connectivity index (χ0v) is 20.4. The van der Waals surface area contributed by atoms with Gasteiger partial charge in [0.05, 0.1) is 31.9 Å². The van der Waals surface area contributed by atoms with Gasteiger partial charge < -0.3 is 19.5 Å². The lowest BCUT2D eigenvalue weighted by Crippen LogP contribution is -2.37. The molecule has 2 unspecified atom stereocenters. The maximum Gasteiger partial charge on any atom is 0.352 e. The highest BCUT2D eigenvalue weighted by Gasteiger charge is 2.36. The van der Waals surface area contributed by atoms with Crippen molar-refractivity contribution in [2.24, 2.45) is 16.8 Å². The number of methoxy groups -OCH3 is 1. The predicted molar refractivity (Wildman–Crippen MR) is 129 cm³/mol. The summed E-state index contributed by atoms with van der Waals surface area (Å²) in [5.41, 5.74) is 0.779. The Bertz CT molecular complexity index is 1010. The Hall–Kier alpha value is -3.04. The monoisotopic (exact) mass is 475 g/mol. The summed E-state index contributed by atoms with van der Waals surface area (Å²) in [6.45, 7) is 5.48. The van der Waals surface area contributed by atoms with Gasteiger partial charge in [-0.25, -0.2) is 14.8 Å². The highest BCUT2D eigenvalue weighted by molar-refractivity contribution is 6.40. The van der Waals surface area contributed by atoms with Crippen molar-refractivity contribution in [2.45, 2.75) is 26.9 Å². The van der Waals surface area contributed by atoms with Crippen molar-refractivity contribution in [1.29, 1.82) is 5.41 Å². The number of carbonyl (C=O) groups excluding carboxylic acids is 1. The molecule has 0 aliphatic rings. The maximum absolute atomic E-state index is 12.5. The fourth-order valence-electron chi connectivity index (χ4n) is 3.15. The van der Waals surface area contributed by atoms with E-state index in [0.717, 1.165) is 0 Å². The summed E-state index contributed by atoms with van der Waals surface area (Å²) in [7, 11) is 5.07. The van der Waals surface area contributed by atoms with Gasteiger partial charge in [-0.05, 0) is 30.5 Å². The van der Waals surface area contributed by atoms with Crippen LogP contribution in [0.25, 0.3) is 0 Å². The molecule has 1 aromatic carbocycles. The topological polar surface area (TPSA) is 121 Å². The number of carbonyl (C=O) groups is 1.